The Morgan fingerprint density at radius 1 is 1.19 bits per heavy atom. The van der Waals surface area contributed by atoms with Gasteiger partial charge in [0.05, 0.1) is 17.8 Å². The molecule has 0 saturated carbocycles. The molecule has 6 heteroatoms. The lowest BCUT2D eigenvalue weighted by Gasteiger charge is -2.34. The van der Waals surface area contributed by atoms with E-state index in [0.717, 1.165) is 37.4 Å². The van der Waals surface area contributed by atoms with Gasteiger partial charge in [-0.1, -0.05) is 18.2 Å². The number of likely N-dealkylation sites (tertiary alicyclic amines) is 1. The molecule has 1 aromatic carbocycles. The molecule has 0 unspecified atom stereocenters. The third-order valence-corrected chi connectivity index (χ3v) is 4.23. The number of tetrazole rings is 1. The predicted octanol–water partition coefficient (Wildman–Crippen LogP) is 1.83. The Kier molecular flexibility index (Phi) is 4.26. The zero-order chi connectivity index (χ0) is 14.7. The lowest BCUT2D eigenvalue weighted by Crippen LogP contribution is -2.39. The highest BCUT2D eigenvalue weighted by Crippen LogP contribution is 2.24. The molecule has 0 N–H and O–H groups in total. The third kappa shape index (κ3) is 2.96. The average Bonchev–Trinajstić information content (AvgIpc) is 3.04. The smallest absolute Gasteiger partial charge is 0.173 e. The molecule has 1 fully saturated rings. The molecule has 0 amide bonds. The van der Waals surface area contributed by atoms with E-state index in [9.17, 15) is 0 Å². The normalized spacial score (nSPS) is 18.8. The third-order valence-electron chi connectivity index (χ3n) is 4.23. The van der Waals surface area contributed by atoms with Crippen LogP contribution in [0.1, 0.15) is 31.6 Å². The van der Waals surface area contributed by atoms with Crippen LogP contribution in [0.5, 0.6) is 0 Å². The molecule has 6 nitrogen and oxygen atoms in total. The molecule has 2 heterocycles. The lowest BCUT2D eigenvalue weighted by atomic mass is 10.1. The molecular formula is C15H21N5O. The van der Waals surface area contributed by atoms with Gasteiger partial charge in [-0.25, -0.2) is 0 Å². The molecule has 112 valence electrons. The average molecular weight is 287 g/mol. The summed E-state index contributed by atoms with van der Waals surface area (Å²) >= 11 is 0. The molecule has 0 bridgehead atoms. The maximum Gasteiger partial charge on any atom is 0.173 e. The van der Waals surface area contributed by atoms with Crippen LogP contribution < -0.4 is 0 Å². The van der Waals surface area contributed by atoms with Crippen LogP contribution in [0.15, 0.2) is 30.3 Å². The second-order valence-corrected chi connectivity index (χ2v) is 5.43. The Morgan fingerprint density at radius 3 is 2.57 bits per heavy atom. The highest BCUT2D eigenvalue weighted by Gasteiger charge is 2.26. The van der Waals surface area contributed by atoms with Gasteiger partial charge in [0.25, 0.3) is 0 Å². The topological polar surface area (TPSA) is 56.1 Å². The summed E-state index contributed by atoms with van der Waals surface area (Å²) in [6.45, 7) is 4.20. The minimum absolute atomic E-state index is 0.193. The molecule has 1 atom stereocenters. The zero-order valence-electron chi connectivity index (χ0n) is 12.5. The standard InChI is InChI=1S/C15H21N5O/c1-12(19-10-8-14(21-2)9-11-19)15-16-17-18-20(15)13-6-4-3-5-7-13/h3-7,12,14H,8-11H2,1-2H3/t12-/m1/s1. The molecule has 1 aliphatic rings. The molecule has 21 heavy (non-hydrogen) atoms. The first kappa shape index (κ1) is 14.2. The Labute approximate surface area is 124 Å². The summed E-state index contributed by atoms with van der Waals surface area (Å²) in [5, 5.41) is 12.2. The van der Waals surface area contributed by atoms with E-state index < -0.39 is 0 Å². The van der Waals surface area contributed by atoms with E-state index in [1.54, 1.807) is 7.11 Å². The van der Waals surface area contributed by atoms with Gasteiger partial charge in [-0.3, -0.25) is 4.90 Å². The van der Waals surface area contributed by atoms with E-state index in [1.165, 1.54) is 0 Å². The van der Waals surface area contributed by atoms with Crippen molar-refractivity contribution < 1.29 is 4.74 Å². The van der Waals surface area contributed by atoms with Crippen LogP contribution in [-0.4, -0.2) is 51.4 Å². The first-order chi connectivity index (χ1) is 10.3. The molecule has 0 radical (unpaired) electrons. The number of aromatic nitrogens is 4. The van der Waals surface area contributed by atoms with Crippen LogP contribution in [-0.2, 0) is 4.74 Å². The minimum Gasteiger partial charge on any atom is -0.381 e. The van der Waals surface area contributed by atoms with Crippen molar-refractivity contribution in [1.82, 2.24) is 25.1 Å². The van der Waals surface area contributed by atoms with Crippen molar-refractivity contribution in [2.24, 2.45) is 0 Å². The Bertz CT molecular complexity index is 562. The van der Waals surface area contributed by atoms with Crippen molar-refractivity contribution in [3.63, 3.8) is 0 Å². The maximum atomic E-state index is 5.43. The summed E-state index contributed by atoms with van der Waals surface area (Å²) in [6, 6.07) is 10.2. The van der Waals surface area contributed by atoms with Crippen molar-refractivity contribution in [3.8, 4) is 5.69 Å². The van der Waals surface area contributed by atoms with Gasteiger partial charge in [0.15, 0.2) is 5.82 Å². The van der Waals surface area contributed by atoms with Crippen LogP contribution in [0.2, 0.25) is 0 Å². The van der Waals surface area contributed by atoms with Crippen molar-refractivity contribution in [3.05, 3.63) is 36.2 Å². The van der Waals surface area contributed by atoms with Gasteiger partial charge in [0.2, 0.25) is 0 Å². The fourth-order valence-corrected chi connectivity index (χ4v) is 2.87. The molecule has 1 aromatic heterocycles. The van der Waals surface area contributed by atoms with Gasteiger partial charge in [-0.05, 0) is 42.3 Å². The zero-order valence-corrected chi connectivity index (χ0v) is 12.5. The number of methoxy groups -OCH3 is 1. The first-order valence-electron chi connectivity index (χ1n) is 7.40. The second kappa shape index (κ2) is 6.32. The fraction of sp³-hybridized carbons (Fsp3) is 0.533. The van der Waals surface area contributed by atoms with E-state index in [4.69, 9.17) is 4.74 Å². The second-order valence-electron chi connectivity index (χ2n) is 5.43. The lowest BCUT2D eigenvalue weighted by molar-refractivity contribution is 0.0279. The van der Waals surface area contributed by atoms with E-state index in [1.807, 2.05) is 35.0 Å². The van der Waals surface area contributed by atoms with Gasteiger partial charge in [0, 0.05) is 20.2 Å². The van der Waals surface area contributed by atoms with Crippen LogP contribution in [0.4, 0.5) is 0 Å². The number of nitrogens with zero attached hydrogens (tertiary/aromatic N) is 5. The number of rotatable bonds is 4. The summed E-state index contributed by atoms with van der Waals surface area (Å²) in [5.74, 6) is 0.886. The number of benzene rings is 1. The SMILES string of the molecule is COC1CCN([C@H](C)c2nnnn2-c2ccccc2)CC1. The highest BCUT2D eigenvalue weighted by molar-refractivity contribution is 5.30. The molecular weight excluding hydrogens is 266 g/mol. The van der Waals surface area contributed by atoms with Gasteiger partial charge in [0.1, 0.15) is 0 Å². The van der Waals surface area contributed by atoms with Gasteiger partial charge in [-0.15, -0.1) is 5.10 Å². The molecule has 3 rings (SSSR count). The van der Waals surface area contributed by atoms with E-state index in [-0.39, 0.29) is 6.04 Å². The Balaban J connectivity index is 1.77. The summed E-state index contributed by atoms with van der Waals surface area (Å²) in [4.78, 5) is 2.42. The predicted molar refractivity (Wildman–Crippen MR) is 79.2 cm³/mol. The summed E-state index contributed by atoms with van der Waals surface area (Å²) in [6.07, 6.45) is 2.51. The number of hydrogen-bond donors (Lipinski definition) is 0. The van der Waals surface area contributed by atoms with Crippen LogP contribution in [0.25, 0.3) is 5.69 Å². The van der Waals surface area contributed by atoms with Crippen LogP contribution in [0.3, 0.4) is 0 Å². The fourth-order valence-electron chi connectivity index (χ4n) is 2.87. The van der Waals surface area contributed by atoms with E-state index >= 15 is 0 Å². The van der Waals surface area contributed by atoms with Crippen molar-refractivity contribution >= 4 is 0 Å². The van der Waals surface area contributed by atoms with Gasteiger partial charge in [-0.2, -0.15) is 4.68 Å². The van der Waals surface area contributed by atoms with Crippen LogP contribution in [0, 0.1) is 0 Å². The molecule has 2 aromatic rings. The summed E-state index contributed by atoms with van der Waals surface area (Å²) in [5.41, 5.74) is 0.996. The van der Waals surface area contributed by atoms with Crippen molar-refractivity contribution in [2.75, 3.05) is 20.2 Å². The number of hydrogen-bond acceptors (Lipinski definition) is 5. The van der Waals surface area contributed by atoms with Crippen LogP contribution >= 0.6 is 0 Å². The first-order valence-corrected chi connectivity index (χ1v) is 7.40. The minimum atomic E-state index is 0.193. The van der Waals surface area contributed by atoms with E-state index in [2.05, 4.69) is 27.3 Å². The monoisotopic (exact) mass is 287 g/mol. The molecule has 0 spiro atoms. The molecule has 0 aliphatic carbocycles. The highest BCUT2D eigenvalue weighted by atomic mass is 16.5. The van der Waals surface area contributed by atoms with Crippen molar-refractivity contribution in [1.29, 1.82) is 0 Å². The summed E-state index contributed by atoms with van der Waals surface area (Å²) < 4.78 is 7.26. The number of para-hydroxylation sites is 1. The van der Waals surface area contributed by atoms with Crippen molar-refractivity contribution in [2.45, 2.75) is 31.9 Å². The largest absolute Gasteiger partial charge is 0.381 e. The summed E-state index contributed by atoms with van der Waals surface area (Å²) in [7, 11) is 1.79. The van der Waals surface area contributed by atoms with Gasteiger partial charge < -0.3 is 4.74 Å². The molecule has 1 aliphatic heterocycles. The maximum absolute atomic E-state index is 5.43. The van der Waals surface area contributed by atoms with E-state index in [0.29, 0.717) is 6.10 Å². The number of ether oxygens (including phenoxy) is 1. The Hall–Kier alpha value is -1.79. The van der Waals surface area contributed by atoms with Gasteiger partial charge >= 0.3 is 0 Å². The quantitative estimate of drug-likeness (QED) is 0.858. The molecule has 1 saturated heterocycles. The Morgan fingerprint density at radius 2 is 1.90 bits per heavy atom. The number of piperidine rings is 1.